The molecule has 0 bridgehead atoms. The van der Waals surface area contributed by atoms with Gasteiger partial charge in [-0.1, -0.05) is 35.5 Å². The molecule has 31 heavy (non-hydrogen) atoms. The summed E-state index contributed by atoms with van der Waals surface area (Å²) >= 11 is 1.21. The Hall–Kier alpha value is -3.20. The first-order valence-corrected chi connectivity index (χ1v) is 10.7. The Morgan fingerprint density at radius 2 is 1.84 bits per heavy atom. The van der Waals surface area contributed by atoms with Crippen LogP contribution in [0.15, 0.2) is 47.6 Å². The van der Waals surface area contributed by atoms with Gasteiger partial charge in [0.15, 0.2) is 11.0 Å². The molecule has 3 aromatic rings. The van der Waals surface area contributed by atoms with Crippen LogP contribution in [0.2, 0.25) is 0 Å². The van der Waals surface area contributed by atoms with Crippen molar-refractivity contribution in [3.8, 4) is 0 Å². The van der Waals surface area contributed by atoms with E-state index in [-0.39, 0.29) is 29.4 Å². The van der Waals surface area contributed by atoms with E-state index in [1.54, 1.807) is 42.8 Å². The van der Waals surface area contributed by atoms with Crippen LogP contribution < -0.4 is 10.6 Å². The number of amides is 2. The van der Waals surface area contributed by atoms with E-state index in [0.717, 1.165) is 5.56 Å². The third-order valence-electron chi connectivity index (χ3n) is 4.79. The zero-order valence-electron chi connectivity index (χ0n) is 17.8. The third kappa shape index (κ3) is 5.49. The topological polar surface area (TPSA) is 88.9 Å². The number of rotatable bonds is 7. The summed E-state index contributed by atoms with van der Waals surface area (Å²) in [6.07, 6.45) is 0. The fourth-order valence-electron chi connectivity index (χ4n) is 2.94. The van der Waals surface area contributed by atoms with Gasteiger partial charge in [0.05, 0.1) is 11.8 Å². The maximum atomic E-state index is 13.6. The summed E-state index contributed by atoms with van der Waals surface area (Å²) in [7, 11) is 1.78. The first-order valence-electron chi connectivity index (χ1n) is 9.71. The van der Waals surface area contributed by atoms with Crippen LogP contribution in [0, 0.1) is 19.7 Å². The highest BCUT2D eigenvalue weighted by molar-refractivity contribution is 7.99. The molecule has 3 rings (SSSR count). The van der Waals surface area contributed by atoms with E-state index in [1.807, 2.05) is 26.0 Å². The van der Waals surface area contributed by atoms with Crippen LogP contribution in [0.4, 0.5) is 10.1 Å². The van der Waals surface area contributed by atoms with Crippen LogP contribution in [0.3, 0.4) is 0 Å². The van der Waals surface area contributed by atoms with Gasteiger partial charge < -0.3 is 15.2 Å². The van der Waals surface area contributed by atoms with Crippen molar-refractivity contribution in [3.63, 3.8) is 0 Å². The number of thioether (sulfide) groups is 1. The van der Waals surface area contributed by atoms with E-state index in [2.05, 4.69) is 20.8 Å². The van der Waals surface area contributed by atoms with Crippen LogP contribution in [-0.2, 0) is 11.8 Å². The van der Waals surface area contributed by atoms with Crippen LogP contribution >= 0.6 is 11.8 Å². The molecule has 0 spiro atoms. The SMILES string of the molecule is Cc1ccc(C(=O)N[C@@H](C)c2nnc(SCC(=O)Nc3cccc(F)c3C)n2C)cc1. The minimum absolute atomic E-state index is 0.0893. The summed E-state index contributed by atoms with van der Waals surface area (Å²) in [5, 5.41) is 14.4. The van der Waals surface area contributed by atoms with Crippen molar-refractivity contribution >= 4 is 29.3 Å². The lowest BCUT2D eigenvalue weighted by atomic mass is 10.1. The molecule has 1 heterocycles. The van der Waals surface area contributed by atoms with Gasteiger partial charge in [-0.2, -0.15) is 0 Å². The quantitative estimate of drug-likeness (QED) is 0.545. The second-order valence-corrected chi connectivity index (χ2v) is 8.15. The molecule has 0 radical (unpaired) electrons. The molecule has 7 nitrogen and oxygen atoms in total. The van der Waals surface area contributed by atoms with Crippen molar-refractivity contribution < 1.29 is 14.0 Å². The molecule has 1 atom stereocenters. The van der Waals surface area contributed by atoms with E-state index < -0.39 is 0 Å². The minimum atomic E-state index is -0.371. The Balaban J connectivity index is 1.59. The summed E-state index contributed by atoms with van der Waals surface area (Å²) in [4.78, 5) is 24.7. The highest BCUT2D eigenvalue weighted by atomic mass is 32.2. The van der Waals surface area contributed by atoms with Gasteiger partial charge in [0.25, 0.3) is 5.91 Å². The first kappa shape index (κ1) is 22.5. The number of aromatic nitrogens is 3. The zero-order valence-corrected chi connectivity index (χ0v) is 18.6. The van der Waals surface area contributed by atoms with Gasteiger partial charge in [0, 0.05) is 23.9 Å². The molecule has 0 aliphatic carbocycles. The highest BCUT2D eigenvalue weighted by Gasteiger charge is 2.19. The lowest BCUT2D eigenvalue weighted by Crippen LogP contribution is -2.28. The van der Waals surface area contributed by atoms with Crippen molar-refractivity contribution in [1.82, 2.24) is 20.1 Å². The summed E-state index contributed by atoms with van der Waals surface area (Å²) in [6.45, 7) is 5.39. The Morgan fingerprint density at radius 3 is 2.55 bits per heavy atom. The second-order valence-electron chi connectivity index (χ2n) is 7.21. The standard InChI is InChI=1S/C22H24FN5O2S/c1-13-8-10-16(11-9-13)21(30)24-15(3)20-26-27-22(28(20)4)31-12-19(29)25-18-7-5-6-17(23)14(18)2/h5-11,15H,12H2,1-4H3,(H,24,30)(H,25,29)/t15-/m0/s1. The number of anilines is 1. The summed E-state index contributed by atoms with van der Waals surface area (Å²) in [6, 6.07) is 11.5. The minimum Gasteiger partial charge on any atom is -0.342 e. The Kier molecular flexibility index (Phi) is 7.06. The molecule has 0 aliphatic heterocycles. The van der Waals surface area contributed by atoms with Crippen LogP contribution in [0.25, 0.3) is 0 Å². The van der Waals surface area contributed by atoms with E-state index in [0.29, 0.717) is 27.8 Å². The number of halogens is 1. The maximum Gasteiger partial charge on any atom is 0.251 e. The maximum absolute atomic E-state index is 13.6. The molecule has 0 saturated carbocycles. The fraction of sp³-hybridized carbons (Fsp3) is 0.273. The molecular formula is C22H24FN5O2S. The van der Waals surface area contributed by atoms with Gasteiger partial charge in [-0.25, -0.2) is 4.39 Å². The number of nitrogens with one attached hydrogen (secondary N) is 2. The van der Waals surface area contributed by atoms with Crippen molar-refractivity contribution in [2.45, 2.75) is 32.0 Å². The van der Waals surface area contributed by atoms with E-state index in [4.69, 9.17) is 0 Å². The molecule has 162 valence electrons. The van der Waals surface area contributed by atoms with Crippen LogP contribution in [0.1, 0.15) is 40.3 Å². The Morgan fingerprint density at radius 1 is 1.13 bits per heavy atom. The Labute approximate surface area is 184 Å². The number of carbonyl (C=O) groups excluding carboxylic acids is 2. The van der Waals surface area contributed by atoms with E-state index in [1.165, 1.54) is 17.8 Å². The lowest BCUT2D eigenvalue weighted by molar-refractivity contribution is -0.113. The monoisotopic (exact) mass is 441 g/mol. The number of nitrogens with zero attached hydrogens (tertiary/aromatic N) is 3. The molecule has 0 fully saturated rings. The lowest BCUT2D eigenvalue weighted by Gasteiger charge is -2.14. The largest absolute Gasteiger partial charge is 0.342 e. The number of benzene rings is 2. The van der Waals surface area contributed by atoms with Crippen molar-refractivity contribution in [1.29, 1.82) is 0 Å². The summed E-state index contributed by atoms with van der Waals surface area (Å²) < 4.78 is 15.4. The third-order valence-corrected chi connectivity index (χ3v) is 5.81. The van der Waals surface area contributed by atoms with Gasteiger partial charge in [-0.3, -0.25) is 9.59 Å². The van der Waals surface area contributed by atoms with Gasteiger partial charge >= 0.3 is 0 Å². The van der Waals surface area contributed by atoms with Gasteiger partial charge in [-0.15, -0.1) is 10.2 Å². The molecule has 0 saturated heterocycles. The summed E-state index contributed by atoms with van der Waals surface area (Å²) in [5.74, 6) is -0.181. The summed E-state index contributed by atoms with van der Waals surface area (Å²) in [5.41, 5.74) is 2.48. The number of hydrogen-bond donors (Lipinski definition) is 2. The molecule has 1 aromatic heterocycles. The van der Waals surface area contributed by atoms with Crippen LogP contribution in [-0.4, -0.2) is 32.3 Å². The fourth-order valence-corrected chi connectivity index (χ4v) is 3.66. The molecule has 2 N–H and O–H groups in total. The first-order chi connectivity index (χ1) is 14.8. The van der Waals surface area contributed by atoms with Crippen molar-refractivity contribution in [3.05, 3.63) is 70.8 Å². The molecule has 9 heteroatoms. The second kappa shape index (κ2) is 9.74. The highest BCUT2D eigenvalue weighted by Crippen LogP contribution is 2.21. The predicted molar refractivity (Wildman–Crippen MR) is 119 cm³/mol. The van der Waals surface area contributed by atoms with Crippen LogP contribution in [0.5, 0.6) is 0 Å². The molecule has 2 amide bonds. The normalized spacial score (nSPS) is 11.8. The molecular weight excluding hydrogens is 417 g/mol. The number of carbonyl (C=O) groups is 2. The Bertz CT molecular complexity index is 1100. The zero-order chi connectivity index (χ0) is 22.5. The average Bonchev–Trinajstić information content (AvgIpc) is 3.11. The predicted octanol–water partition coefficient (Wildman–Crippen LogP) is 3.79. The van der Waals surface area contributed by atoms with Gasteiger partial charge in [0.1, 0.15) is 5.82 Å². The number of hydrogen-bond acceptors (Lipinski definition) is 5. The average molecular weight is 442 g/mol. The van der Waals surface area contributed by atoms with Crippen molar-refractivity contribution in [2.24, 2.45) is 7.05 Å². The molecule has 2 aromatic carbocycles. The molecule has 0 unspecified atom stereocenters. The van der Waals surface area contributed by atoms with E-state index >= 15 is 0 Å². The van der Waals surface area contributed by atoms with Gasteiger partial charge in [-0.05, 0) is 45.0 Å². The number of aryl methyl sites for hydroxylation is 1. The molecule has 0 aliphatic rings. The van der Waals surface area contributed by atoms with E-state index in [9.17, 15) is 14.0 Å². The smallest absolute Gasteiger partial charge is 0.251 e. The van der Waals surface area contributed by atoms with Crippen molar-refractivity contribution in [2.75, 3.05) is 11.1 Å². The van der Waals surface area contributed by atoms with Gasteiger partial charge in [0.2, 0.25) is 5.91 Å².